The van der Waals surface area contributed by atoms with Crippen LogP contribution in [0.25, 0.3) is 11.1 Å². The van der Waals surface area contributed by atoms with Crippen molar-refractivity contribution in [2.45, 2.75) is 19.0 Å². The molecule has 1 amide bonds. The van der Waals surface area contributed by atoms with Gasteiger partial charge in [-0.3, -0.25) is 4.90 Å². The number of aromatic nitrogens is 4. The van der Waals surface area contributed by atoms with Crippen molar-refractivity contribution in [3.05, 3.63) is 60.2 Å². The van der Waals surface area contributed by atoms with Gasteiger partial charge in [-0.2, -0.15) is 0 Å². The third-order valence-corrected chi connectivity index (χ3v) is 4.71. The Labute approximate surface area is 172 Å². The summed E-state index contributed by atoms with van der Waals surface area (Å²) in [4.78, 5) is 13.5. The number of hydrogen-bond acceptors (Lipinski definition) is 7. The number of benzene rings is 2. The van der Waals surface area contributed by atoms with Crippen LogP contribution in [-0.2, 0) is 15.9 Å². The third kappa shape index (κ3) is 4.47. The van der Waals surface area contributed by atoms with Gasteiger partial charge in [0.2, 0.25) is 0 Å². The molecular formula is C19H19BFN6O3. The summed E-state index contributed by atoms with van der Waals surface area (Å²) >= 11 is 0. The molecule has 0 spiro atoms. The number of nitrogens with zero attached hydrogens (tertiary/aromatic N) is 5. The van der Waals surface area contributed by atoms with Crippen LogP contribution in [0.2, 0.25) is 6.32 Å². The number of ether oxygens (including phenoxy) is 1. The molecule has 9 nitrogen and oxygen atoms in total. The SMILES string of the molecule is NCO[B]C[C@H]1CN(c2ccc(-c3ccc(Cn4cnnn4)cc3)c(F)c2)C(=O)O1. The Morgan fingerprint density at radius 1 is 1.27 bits per heavy atom. The first-order valence-corrected chi connectivity index (χ1v) is 9.35. The number of tetrazole rings is 1. The van der Waals surface area contributed by atoms with Crippen LogP contribution in [0.3, 0.4) is 0 Å². The van der Waals surface area contributed by atoms with Gasteiger partial charge in [-0.25, -0.2) is 13.9 Å². The smallest absolute Gasteiger partial charge is 0.414 e. The molecule has 30 heavy (non-hydrogen) atoms. The summed E-state index contributed by atoms with van der Waals surface area (Å²) < 4.78 is 26.7. The molecule has 0 aliphatic carbocycles. The van der Waals surface area contributed by atoms with Crippen molar-refractivity contribution >= 4 is 19.3 Å². The number of nitrogens with two attached hydrogens (primary N) is 1. The van der Waals surface area contributed by atoms with E-state index in [1.807, 2.05) is 24.3 Å². The Morgan fingerprint density at radius 3 is 2.80 bits per heavy atom. The molecule has 0 saturated carbocycles. The number of carbonyl (C=O) groups is 1. The topological polar surface area (TPSA) is 108 Å². The number of carbonyl (C=O) groups excluding carboxylic acids is 1. The van der Waals surface area contributed by atoms with Crippen molar-refractivity contribution in [3.63, 3.8) is 0 Å². The van der Waals surface area contributed by atoms with Crippen LogP contribution in [0.5, 0.6) is 0 Å². The Morgan fingerprint density at radius 2 is 2.10 bits per heavy atom. The van der Waals surface area contributed by atoms with Crippen LogP contribution in [0.15, 0.2) is 48.8 Å². The number of hydrogen-bond donors (Lipinski definition) is 1. The minimum absolute atomic E-state index is 0.0652. The summed E-state index contributed by atoms with van der Waals surface area (Å²) in [5, 5.41) is 11.0. The second kappa shape index (κ2) is 9.01. The lowest BCUT2D eigenvalue weighted by atomic mass is 9.91. The van der Waals surface area contributed by atoms with Crippen molar-refractivity contribution in [1.29, 1.82) is 0 Å². The lowest BCUT2D eigenvalue weighted by Crippen LogP contribution is -2.25. The quantitative estimate of drug-likeness (QED) is 0.344. The summed E-state index contributed by atoms with van der Waals surface area (Å²) in [6.07, 6.45) is 1.07. The second-order valence-corrected chi connectivity index (χ2v) is 6.72. The molecule has 1 aliphatic rings. The van der Waals surface area contributed by atoms with Gasteiger partial charge in [-0.1, -0.05) is 24.3 Å². The number of rotatable bonds is 8. The van der Waals surface area contributed by atoms with Gasteiger partial charge in [0, 0.05) is 5.56 Å². The monoisotopic (exact) mass is 409 g/mol. The molecule has 0 bridgehead atoms. The Balaban J connectivity index is 1.45. The van der Waals surface area contributed by atoms with Crippen LogP contribution in [-0.4, -0.2) is 53.2 Å². The van der Waals surface area contributed by atoms with E-state index in [0.29, 0.717) is 30.7 Å². The Bertz CT molecular complexity index is 1000. The molecule has 4 rings (SSSR count). The van der Waals surface area contributed by atoms with Gasteiger partial charge in [0.05, 0.1) is 25.5 Å². The highest BCUT2D eigenvalue weighted by Crippen LogP contribution is 2.29. The molecule has 2 aromatic carbocycles. The van der Waals surface area contributed by atoms with E-state index in [9.17, 15) is 9.18 Å². The molecule has 1 fully saturated rings. The van der Waals surface area contributed by atoms with E-state index in [-0.39, 0.29) is 12.8 Å². The van der Waals surface area contributed by atoms with Crippen LogP contribution in [0, 0.1) is 5.82 Å². The highest BCUT2D eigenvalue weighted by molar-refractivity contribution is 6.27. The molecule has 3 aromatic rings. The Hall–Kier alpha value is -3.31. The summed E-state index contributed by atoms with van der Waals surface area (Å²) in [6, 6.07) is 12.2. The number of halogens is 1. The van der Waals surface area contributed by atoms with Crippen molar-refractivity contribution < 1.29 is 18.6 Å². The predicted molar refractivity (Wildman–Crippen MR) is 107 cm³/mol. The van der Waals surface area contributed by atoms with Gasteiger partial charge in [-0.15, -0.1) is 5.10 Å². The first-order valence-electron chi connectivity index (χ1n) is 9.35. The molecular weight excluding hydrogens is 390 g/mol. The number of cyclic esters (lactones) is 1. The third-order valence-electron chi connectivity index (χ3n) is 4.71. The fourth-order valence-electron chi connectivity index (χ4n) is 3.23. The van der Waals surface area contributed by atoms with Gasteiger partial charge < -0.3 is 15.1 Å². The molecule has 2 N–H and O–H groups in total. The standard InChI is InChI=1S/C19H19BFN6O3/c21-18-7-15(27-10-16(30-19(27)28)8-20-29-11-22)5-6-17(18)14-3-1-13(2-4-14)9-26-12-23-24-25-26/h1-7,12,16H,8-11,22H2/t16-/m0/s1. The van der Waals surface area contributed by atoms with Gasteiger partial charge in [0.1, 0.15) is 18.2 Å². The van der Waals surface area contributed by atoms with Crippen LogP contribution in [0.1, 0.15) is 5.56 Å². The average molecular weight is 409 g/mol. The van der Waals surface area contributed by atoms with E-state index >= 15 is 0 Å². The minimum atomic E-state index is -0.514. The molecule has 153 valence electrons. The minimum Gasteiger partial charge on any atom is -0.445 e. The van der Waals surface area contributed by atoms with E-state index in [0.717, 1.165) is 11.1 Å². The first kappa shape index (κ1) is 20.0. The van der Waals surface area contributed by atoms with Crippen molar-refractivity contribution in [1.82, 2.24) is 20.2 Å². The lowest BCUT2D eigenvalue weighted by molar-refractivity contribution is 0.148. The summed E-state index contributed by atoms with van der Waals surface area (Å²) in [6.45, 7) is 0.907. The number of anilines is 1. The van der Waals surface area contributed by atoms with E-state index in [4.69, 9.17) is 15.1 Å². The van der Waals surface area contributed by atoms with Crippen LogP contribution in [0.4, 0.5) is 14.9 Å². The van der Waals surface area contributed by atoms with Crippen LogP contribution >= 0.6 is 0 Å². The van der Waals surface area contributed by atoms with Crippen molar-refractivity contribution in [2.24, 2.45) is 5.73 Å². The van der Waals surface area contributed by atoms with E-state index < -0.39 is 11.9 Å². The lowest BCUT2D eigenvalue weighted by Gasteiger charge is -2.14. The van der Waals surface area contributed by atoms with Gasteiger partial charge in [-0.05, 0) is 46.1 Å². The molecule has 11 heteroatoms. The highest BCUT2D eigenvalue weighted by atomic mass is 19.1. The largest absolute Gasteiger partial charge is 0.445 e. The van der Waals surface area contributed by atoms with Crippen molar-refractivity contribution in [2.75, 3.05) is 18.2 Å². The van der Waals surface area contributed by atoms with E-state index in [2.05, 4.69) is 15.5 Å². The first-order chi connectivity index (χ1) is 14.6. The zero-order valence-corrected chi connectivity index (χ0v) is 16.0. The molecule has 2 heterocycles. The maximum Gasteiger partial charge on any atom is 0.414 e. The molecule has 1 aliphatic heterocycles. The zero-order chi connectivity index (χ0) is 20.9. The fourth-order valence-corrected chi connectivity index (χ4v) is 3.23. The zero-order valence-electron chi connectivity index (χ0n) is 16.0. The van der Waals surface area contributed by atoms with Gasteiger partial charge in [0.25, 0.3) is 7.48 Å². The average Bonchev–Trinajstić information content (AvgIpc) is 3.38. The molecule has 1 aromatic heterocycles. The molecule has 1 radical (unpaired) electrons. The Kier molecular flexibility index (Phi) is 6.01. The molecule has 1 atom stereocenters. The number of amides is 1. The summed E-state index contributed by atoms with van der Waals surface area (Å²) in [5.74, 6) is -0.421. The summed E-state index contributed by atoms with van der Waals surface area (Å²) in [5.41, 5.74) is 7.86. The normalized spacial score (nSPS) is 16.0. The highest BCUT2D eigenvalue weighted by Gasteiger charge is 2.32. The van der Waals surface area contributed by atoms with E-state index in [1.54, 1.807) is 16.8 Å². The summed E-state index contributed by atoms with van der Waals surface area (Å²) in [7, 11) is 1.51. The van der Waals surface area contributed by atoms with E-state index in [1.165, 1.54) is 24.8 Å². The maximum absolute atomic E-state index is 14.8. The maximum atomic E-state index is 14.8. The molecule has 0 unspecified atom stereocenters. The predicted octanol–water partition coefficient (Wildman–Crippen LogP) is 1.82. The fraction of sp³-hybridized carbons (Fsp3) is 0.263. The second-order valence-electron chi connectivity index (χ2n) is 6.72. The molecule has 1 saturated heterocycles. The van der Waals surface area contributed by atoms with Gasteiger partial charge >= 0.3 is 6.09 Å². The van der Waals surface area contributed by atoms with Crippen molar-refractivity contribution in [3.8, 4) is 11.1 Å². The van der Waals surface area contributed by atoms with Crippen LogP contribution < -0.4 is 10.6 Å². The van der Waals surface area contributed by atoms with Gasteiger partial charge in [0.15, 0.2) is 0 Å².